The van der Waals surface area contributed by atoms with Crippen molar-refractivity contribution in [3.63, 3.8) is 0 Å². The summed E-state index contributed by atoms with van der Waals surface area (Å²) >= 11 is 1.38. The summed E-state index contributed by atoms with van der Waals surface area (Å²) in [7, 11) is 0. The van der Waals surface area contributed by atoms with Crippen LogP contribution in [-0.2, 0) is 0 Å². The first-order valence-corrected chi connectivity index (χ1v) is 3.77. The first kappa shape index (κ1) is 7.84. The average Bonchev–Trinajstić information content (AvgIpc) is 1.83. The van der Waals surface area contributed by atoms with Gasteiger partial charge in [0.25, 0.3) is 0 Å². The zero-order chi connectivity index (χ0) is 6.41. The van der Waals surface area contributed by atoms with Crippen molar-refractivity contribution in [1.29, 1.82) is 5.26 Å². The van der Waals surface area contributed by atoms with Crippen LogP contribution in [0.3, 0.4) is 0 Å². The number of hydrogen-bond acceptors (Lipinski definition) is 2. The number of nitriles is 1. The molecular weight excluding hydrogens is 118 g/mol. The van der Waals surface area contributed by atoms with Gasteiger partial charge in [-0.25, -0.2) is 0 Å². The minimum atomic E-state index is 0.556. The lowest BCUT2D eigenvalue weighted by Crippen LogP contribution is -1.94. The molecule has 0 aromatic carbocycles. The molecule has 0 saturated heterocycles. The lowest BCUT2D eigenvalue weighted by Gasteiger charge is -2.02. The van der Waals surface area contributed by atoms with E-state index in [1.165, 1.54) is 11.8 Å². The Morgan fingerprint density at radius 1 is 1.50 bits per heavy atom. The van der Waals surface area contributed by atoms with Crippen LogP contribution in [0.4, 0.5) is 0 Å². The normalized spacial score (nSPS) is 9.25. The molecule has 0 aliphatic heterocycles. The highest BCUT2D eigenvalue weighted by Gasteiger charge is 2.00. The van der Waals surface area contributed by atoms with Crippen LogP contribution in [0.15, 0.2) is 0 Å². The van der Waals surface area contributed by atoms with Gasteiger partial charge in [-0.1, -0.05) is 13.8 Å². The van der Waals surface area contributed by atoms with E-state index in [4.69, 9.17) is 5.26 Å². The third-order valence-electron chi connectivity index (χ3n) is 1.13. The molecule has 0 radical (unpaired) electrons. The highest BCUT2D eigenvalue weighted by Crippen LogP contribution is 2.15. The van der Waals surface area contributed by atoms with Gasteiger partial charge in [-0.05, 0) is 24.6 Å². The predicted octanol–water partition coefficient (Wildman–Crippen LogP) is 2.39. The second-order valence-corrected chi connectivity index (χ2v) is 2.73. The minimum Gasteiger partial charge on any atom is -0.185 e. The maximum atomic E-state index is 8.21. The summed E-state index contributed by atoms with van der Waals surface area (Å²) in [5.74, 6) is 0. The number of hydrogen-bond donors (Lipinski definition) is 0. The summed E-state index contributed by atoms with van der Waals surface area (Å²) in [6.07, 6.45) is 2.21. The number of thioether (sulfide) groups is 1. The molecule has 0 rings (SSSR count). The molecule has 0 saturated carbocycles. The molecule has 0 unspecified atom stereocenters. The molecule has 0 N–H and O–H groups in total. The van der Waals surface area contributed by atoms with Crippen molar-refractivity contribution in [2.75, 3.05) is 0 Å². The molecule has 0 aliphatic rings. The molecule has 46 valence electrons. The molecule has 1 nitrogen and oxygen atoms in total. The van der Waals surface area contributed by atoms with Gasteiger partial charge in [-0.15, -0.1) is 0 Å². The molecular formula is C6H11NS. The second-order valence-electron chi connectivity index (χ2n) is 1.65. The Hall–Kier alpha value is -0.160. The number of rotatable bonds is 3. The SMILES string of the molecule is CCC(CC)SC#N. The Morgan fingerprint density at radius 2 is 2.00 bits per heavy atom. The Kier molecular flexibility index (Phi) is 4.89. The van der Waals surface area contributed by atoms with E-state index in [1.54, 1.807) is 0 Å². The van der Waals surface area contributed by atoms with E-state index in [9.17, 15) is 0 Å². The van der Waals surface area contributed by atoms with Crippen LogP contribution in [0.25, 0.3) is 0 Å². The average molecular weight is 129 g/mol. The van der Waals surface area contributed by atoms with Gasteiger partial charge in [0.15, 0.2) is 0 Å². The lowest BCUT2D eigenvalue weighted by molar-refractivity contribution is 0.795. The van der Waals surface area contributed by atoms with Crippen LogP contribution < -0.4 is 0 Å². The highest BCUT2D eigenvalue weighted by molar-refractivity contribution is 8.04. The summed E-state index contributed by atoms with van der Waals surface area (Å²) in [6.45, 7) is 4.22. The minimum absolute atomic E-state index is 0.556. The molecule has 0 bridgehead atoms. The highest BCUT2D eigenvalue weighted by atomic mass is 32.2. The van der Waals surface area contributed by atoms with Gasteiger partial charge in [-0.3, -0.25) is 0 Å². The Labute approximate surface area is 55.1 Å². The van der Waals surface area contributed by atoms with Gasteiger partial charge in [0, 0.05) is 5.25 Å². The van der Waals surface area contributed by atoms with Crippen molar-refractivity contribution in [3.8, 4) is 5.40 Å². The zero-order valence-corrected chi connectivity index (χ0v) is 6.16. The smallest absolute Gasteiger partial charge is 0.133 e. The molecule has 0 fully saturated rings. The van der Waals surface area contributed by atoms with Crippen molar-refractivity contribution in [2.45, 2.75) is 31.9 Å². The summed E-state index contributed by atoms with van der Waals surface area (Å²) in [4.78, 5) is 0. The molecule has 0 amide bonds. The Bertz CT molecular complexity index is 81.0. The summed E-state index contributed by atoms with van der Waals surface area (Å²) < 4.78 is 0. The van der Waals surface area contributed by atoms with E-state index >= 15 is 0 Å². The van der Waals surface area contributed by atoms with E-state index in [0.29, 0.717) is 5.25 Å². The number of nitrogens with zero attached hydrogens (tertiary/aromatic N) is 1. The van der Waals surface area contributed by atoms with E-state index < -0.39 is 0 Å². The van der Waals surface area contributed by atoms with E-state index in [0.717, 1.165) is 12.8 Å². The Morgan fingerprint density at radius 3 is 2.12 bits per heavy atom. The van der Waals surface area contributed by atoms with E-state index in [-0.39, 0.29) is 0 Å². The molecule has 2 heteroatoms. The van der Waals surface area contributed by atoms with E-state index in [2.05, 4.69) is 19.2 Å². The third-order valence-corrected chi connectivity index (χ3v) is 2.24. The Balaban J connectivity index is 3.25. The standard InChI is InChI=1S/C6H11NS/c1-3-6(4-2)8-5-7/h6H,3-4H2,1-2H3. The van der Waals surface area contributed by atoms with Gasteiger partial charge in [0.1, 0.15) is 5.40 Å². The maximum absolute atomic E-state index is 8.21. The van der Waals surface area contributed by atoms with Gasteiger partial charge in [0.2, 0.25) is 0 Å². The molecule has 0 aliphatic carbocycles. The van der Waals surface area contributed by atoms with E-state index in [1.807, 2.05) is 0 Å². The molecule has 0 heterocycles. The third kappa shape index (κ3) is 2.92. The monoisotopic (exact) mass is 129 g/mol. The quantitative estimate of drug-likeness (QED) is 0.546. The van der Waals surface area contributed by atoms with Crippen LogP contribution >= 0.6 is 11.8 Å². The van der Waals surface area contributed by atoms with Gasteiger partial charge >= 0.3 is 0 Å². The van der Waals surface area contributed by atoms with Crippen molar-refractivity contribution in [3.05, 3.63) is 0 Å². The maximum Gasteiger partial charge on any atom is 0.133 e. The zero-order valence-electron chi connectivity index (χ0n) is 5.35. The molecule has 0 spiro atoms. The van der Waals surface area contributed by atoms with Crippen molar-refractivity contribution < 1.29 is 0 Å². The van der Waals surface area contributed by atoms with Crippen LogP contribution in [0.5, 0.6) is 0 Å². The van der Waals surface area contributed by atoms with Gasteiger partial charge in [0.05, 0.1) is 0 Å². The van der Waals surface area contributed by atoms with Gasteiger partial charge in [-0.2, -0.15) is 5.26 Å². The molecule has 0 aromatic heterocycles. The fraction of sp³-hybridized carbons (Fsp3) is 0.833. The van der Waals surface area contributed by atoms with Crippen molar-refractivity contribution in [2.24, 2.45) is 0 Å². The van der Waals surface area contributed by atoms with Crippen molar-refractivity contribution >= 4 is 11.8 Å². The van der Waals surface area contributed by atoms with Gasteiger partial charge < -0.3 is 0 Å². The topological polar surface area (TPSA) is 23.8 Å². The van der Waals surface area contributed by atoms with Crippen molar-refractivity contribution in [1.82, 2.24) is 0 Å². The summed E-state index contributed by atoms with van der Waals surface area (Å²) in [5.41, 5.74) is 0. The van der Waals surface area contributed by atoms with Crippen LogP contribution in [-0.4, -0.2) is 5.25 Å². The molecule has 0 atom stereocenters. The van der Waals surface area contributed by atoms with Crippen LogP contribution in [0.1, 0.15) is 26.7 Å². The first-order valence-electron chi connectivity index (χ1n) is 2.89. The second kappa shape index (κ2) is 4.99. The van der Waals surface area contributed by atoms with Crippen LogP contribution in [0, 0.1) is 10.7 Å². The lowest BCUT2D eigenvalue weighted by atomic mass is 10.3. The fourth-order valence-corrected chi connectivity index (χ4v) is 1.01. The number of thiocyanates is 1. The first-order chi connectivity index (χ1) is 3.85. The van der Waals surface area contributed by atoms with Crippen LogP contribution in [0.2, 0.25) is 0 Å². The predicted molar refractivity (Wildman–Crippen MR) is 37.6 cm³/mol. The molecule has 0 aromatic rings. The molecule has 8 heavy (non-hydrogen) atoms. The fourth-order valence-electron chi connectivity index (χ4n) is 0.530. The summed E-state index contributed by atoms with van der Waals surface area (Å²) in [6, 6.07) is 0. The largest absolute Gasteiger partial charge is 0.185 e. The summed E-state index contributed by atoms with van der Waals surface area (Å²) in [5, 5.41) is 10.9.